The lowest BCUT2D eigenvalue weighted by Gasteiger charge is -2.49. The second kappa shape index (κ2) is 11.0. The monoisotopic (exact) mass is 637 g/mol. The van der Waals surface area contributed by atoms with Crippen molar-refractivity contribution in [1.29, 1.82) is 0 Å². The standard InChI is InChI=1S/C31H26BrF2N3O5/c32-23-16-24(33)22(15-25(23)34)27(38)35-26-7-3-4-12-31(26)17-36(13-14-42-31)28(39)18-8-10-19(11-9-18)37-29(40)20-5-1-2-6-21(20)30(37)41/h1-2,5-6,8-11,15-16,26H,3-4,7,12-14,17H2,(H,35,38)/t26-,31+/m0/s1. The molecule has 4 amide bonds. The Kier molecular flexibility index (Phi) is 7.40. The highest BCUT2D eigenvalue weighted by Crippen LogP contribution is 2.36. The molecule has 1 saturated heterocycles. The average Bonchev–Trinajstić information content (AvgIpc) is 3.25. The van der Waals surface area contributed by atoms with E-state index in [2.05, 4.69) is 21.2 Å². The van der Waals surface area contributed by atoms with Crippen molar-refractivity contribution in [2.24, 2.45) is 0 Å². The highest BCUT2D eigenvalue weighted by molar-refractivity contribution is 9.10. The van der Waals surface area contributed by atoms with Crippen LogP contribution in [-0.4, -0.2) is 59.9 Å². The van der Waals surface area contributed by atoms with Crippen LogP contribution in [0, 0.1) is 11.6 Å². The van der Waals surface area contributed by atoms with Crippen LogP contribution in [0.4, 0.5) is 14.5 Å². The largest absolute Gasteiger partial charge is 0.369 e. The van der Waals surface area contributed by atoms with E-state index in [0.717, 1.165) is 29.9 Å². The molecule has 1 spiro atoms. The minimum Gasteiger partial charge on any atom is -0.369 e. The first-order chi connectivity index (χ1) is 20.2. The first-order valence-electron chi connectivity index (χ1n) is 13.6. The number of fused-ring (bicyclic) bond motifs is 1. The maximum absolute atomic E-state index is 14.5. The molecule has 6 rings (SSSR count). The molecule has 11 heteroatoms. The van der Waals surface area contributed by atoms with Crippen molar-refractivity contribution in [2.75, 3.05) is 24.6 Å². The molecule has 2 atom stereocenters. The second-order valence-corrected chi connectivity index (χ2v) is 11.6. The zero-order chi connectivity index (χ0) is 29.6. The van der Waals surface area contributed by atoms with Gasteiger partial charge in [0.25, 0.3) is 23.6 Å². The number of hydrogen-bond acceptors (Lipinski definition) is 5. The molecule has 2 fully saturated rings. The van der Waals surface area contributed by atoms with Gasteiger partial charge < -0.3 is 15.0 Å². The van der Waals surface area contributed by atoms with E-state index in [1.54, 1.807) is 53.4 Å². The number of anilines is 1. The minimum absolute atomic E-state index is 0.0767. The number of nitrogens with one attached hydrogen (secondary N) is 1. The fourth-order valence-corrected chi connectivity index (χ4v) is 6.36. The van der Waals surface area contributed by atoms with Crippen LogP contribution in [0.5, 0.6) is 0 Å². The Bertz CT molecular complexity index is 1580. The van der Waals surface area contributed by atoms with Gasteiger partial charge in [-0.1, -0.05) is 25.0 Å². The van der Waals surface area contributed by atoms with E-state index in [0.29, 0.717) is 41.8 Å². The van der Waals surface area contributed by atoms with E-state index in [1.165, 1.54) is 0 Å². The first kappa shape index (κ1) is 28.2. The number of nitrogens with zero attached hydrogens (tertiary/aromatic N) is 2. The number of halogens is 3. The molecule has 0 bridgehead atoms. The molecular weight excluding hydrogens is 612 g/mol. The van der Waals surface area contributed by atoms with Crippen LogP contribution in [0.3, 0.4) is 0 Å². The summed E-state index contributed by atoms with van der Waals surface area (Å²) >= 11 is 2.92. The average molecular weight is 638 g/mol. The molecule has 0 aromatic heterocycles. The Balaban J connectivity index is 1.18. The number of morpholine rings is 1. The second-order valence-electron chi connectivity index (χ2n) is 10.7. The van der Waals surface area contributed by atoms with Crippen molar-refractivity contribution in [1.82, 2.24) is 10.2 Å². The van der Waals surface area contributed by atoms with Gasteiger partial charge >= 0.3 is 0 Å². The van der Waals surface area contributed by atoms with E-state index in [9.17, 15) is 28.0 Å². The molecule has 42 heavy (non-hydrogen) atoms. The summed E-state index contributed by atoms with van der Waals surface area (Å²) in [5.41, 5.74) is 0.121. The number of imide groups is 1. The van der Waals surface area contributed by atoms with Crippen molar-refractivity contribution in [3.05, 3.63) is 99.0 Å². The molecule has 3 aromatic rings. The van der Waals surface area contributed by atoms with Crippen LogP contribution in [0.2, 0.25) is 0 Å². The number of ether oxygens (including phenoxy) is 1. The van der Waals surface area contributed by atoms with Gasteiger partial charge in [-0.2, -0.15) is 0 Å². The third kappa shape index (κ3) is 4.90. The first-order valence-corrected chi connectivity index (χ1v) is 14.4. The Morgan fingerprint density at radius 2 is 1.64 bits per heavy atom. The Hall–Kier alpha value is -3.96. The molecule has 216 valence electrons. The number of rotatable bonds is 4. The number of hydrogen-bond donors (Lipinski definition) is 1. The number of carbonyl (C=O) groups excluding carboxylic acids is 4. The Morgan fingerprint density at radius 1 is 0.952 bits per heavy atom. The lowest BCUT2D eigenvalue weighted by Crippen LogP contribution is -2.64. The fraction of sp³-hybridized carbons (Fsp3) is 0.290. The predicted molar refractivity (Wildman–Crippen MR) is 152 cm³/mol. The highest BCUT2D eigenvalue weighted by atomic mass is 79.9. The molecule has 3 aliphatic rings. The molecule has 2 heterocycles. The van der Waals surface area contributed by atoms with Crippen molar-refractivity contribution >= 4 is 45.2 Å². The summed E-state index contributed by atoms with van der Waals surface area (Å²) in [5, 5.41) is 2.84. The van der Waals surface area contributed by atoms with Crippen LogP contribution < -0.4 is 10.2 Å². The number of carbonyl (C=O) groups is 4. The summed E-state index contributed by atoms with van der Waals surface area (Å²) in [5.74, 6) is -3.44. The molecule has 0 radical (unpaired) electrons. The van der Waals surface area contributed by atoms with Gasteiger partial charge in [0.1, 0.15) is 17.2 Å². The summed E-state index contributed by atoms with van der Waals surface area (Å²) in [6.45, 7) is 0.772. The van der Waals surface area contributed by atoms with E-state index >= 15 is 0 Å². The van der Waals surface area contributed by atoms with Gasteiger partial charge in [0.05, 0.1) is 46.0 Å². The maximum atomic E-state index is 14.5. The SMILES string of the molecule is O=C(N[C@H]1CCCC[C@@]12CN(C(=O)c1ccc(N3C(=O)c4ccccc4C3=O)cc1)CCO2)c1cc(F)c(Br)cc1F. The molecule has 3 aromatic carbocycles. The third-order valence-electron chi connectivity index (χ3n) is 8.20. The zero-order valence-corrected chi connectivity index (χ0v) is 24.0. The highest BCUT2D eigenvalue weighted by Gasteiger charge is 2.47. The summed E-state index contributed by atoms with van der Waals surface area (Å²) in [4.78, 5) is 55.0. The van der Waals surface area contributed by atoms with Gasteiger partial charge in [0.15, 0.2) is 0 Å². The molecule has 1 saturated carbocycles. The number of amides is 4. The molecule has 1 aliphatic carbocycles. The summed E-state index contributed by atoms with van der Waals surface area (Å²) < 4.78 is 34.7. The smallest absolute Gasteiger partial charge is 0.266 e. The summed E-state index contributed by atoms with van der Waals surface area (Å²) in [6, 6.07) is 14.2. The van der Waals surface area contributed by atoms with Gasteiger partial charge in [0.2, 0.25) is 0 Å². The van der Waals surface area contributed by atoms with E-state index in [-0.39, 0.29) is 23.5 Å². The molecule has 2 aliphatic heterocycles. The van der Waals surface area contributed by atoms with Crippen molar-refractivity contribution in [2.45, 2.75) is 37.3 Å². The molecule has 1 N–H and O–H groups in total. The van der Waals surface area contributed by atoms with Crippen molar-refractivity contribution in [3.8, 4) is 0 Å². The van der Waals surface area contributed by atoms with E-state index < -0.39 is 46.6 Å². The quantitative estimate of drug-likeness (QED) is 0.317. The van der Waals surface area contributed by atoms with Crippen LogP contribution in [0.15, 0.2) is 65.1 Å². The molecule has 8 nitrogen and oxygen atoms in total. The van der Waals surface area contributed by atoms with Crippen LogP contribution >= 0.6 is 15.9 Å². The normalized spacial score (nSPS) is 21.9. The van der Waals surface area contributed by atoms with Gasteiger partial charge in [-0.05, 0) is 77.3 Å². The third-order valence-corrected chi connectivity index (χ3v) is 8.81. The van der Waals surface area contributed by atoms with E-state index in [4.69, 9.17) is 4.74 Å². The van der Waals surface area contributed by atoms with E-state index in [1.807, 2.05) is 0 Å². The number of benzene rings is 3. The van der Waals surface area contributed by atoms with Crippen molar-refractivity contribution in [3.63, 3.8) is 0 Å². The Morgan fingerprint density at radius 3 is 2.33 bits per heavy atom. The van der Waals surface area contributed by atoms with Crippen LogP contribution in [0.1, 0.15) is 67.1 Å². The minimum atomic E-state index is -0.883. The van der Waals surface area contributed by atoms with Crippen molar-refractivity contribution < 1.29 is 32.7 Å². The van der Waals surface area contributed by atoms with Gasteiger partial charge in [-0.3, -0.25) is 19.2 Å². The zero-order valence-electron chi connectivity index (χ0n) is 22.4. The van der Waals surface area contributed by atoms with Gasteiger partial charge in [-0.25, -0.2) is 13.7 Å². The predicted octanol–water partition coefficient (Wildman–Crippen LogP) is 5.11. The van der Waals surface area contributed by atoms with Gasteiger partial charge in [-0.15, -0.1) is 0 Å². The lowest BCUT2D eigenvalue weighted by molar-refractivity contribution is -0.132. The molecular formula is C31H26BrF2N3O5. The van der Waals surface area contributed by atoms with Crippen LogP contribution in [0.25, 0.3) is 0 Å². The van der Waals surface area contributed by atoms with Gasteiger partial charge in [0, 0.05) is 12.1 Å². The fourth-order valence-electron chi connectivity index (χ4n) is 6.05. The maximum Gasteiger partial charge on any atom is 0.266 e. The Labute approximate surface area is 248 Å². The lowest BCUT2D eigenvalue weighted by atomic mass is 9.78. The summed E-state index contributed by atoms with van der Waals surface area (Å²) in [7, 11) is 0. The topological polar surface area (TPSA) is 96.0 Å². The molecule has 0 unspecified atom stereocenters. The summed E-state index contributed by atoms with van der Waals surface area (Å²) in [6.07, 6.45) is 2.77. The van der Waals surface area contributed by atoms with Crippen LogP contribution in [-0.2, 0) is 4.74 Å².